The van der Waals surface area contributed by atoms with E-state index in [0.29, 0.717) is 5.95 Å². The van der Waals surface area contributed by atoms with Crippen LogP contribution in [0.4, 0.5) is 0 Å². The molecular weight excluding hydrogens is 506 g/mol. The van der Waals surface area contributed by atoms with Gasteiger partial charge < -0.3 is 0 Å². The Morgan fingerprint density at radius 3 is 2.15 bits per heavy atom. The van der Waals surface area contributed by atoms with Crippen molar-refractivity contribution in [3.05, 3.63) is 127 Å². The Bertz CT molecular complexity index is 2450. The molecule has 0 aliphatic heterocycles. The van der Waals surface area contributed by atoms with E-state index < -0.39 is 0 Å². The number of nitrogens with zero attached hydrogens (tertiary/aromatic N) is 3. The summed E-state index contributed by atoms with van der Waals surface area (Å²) in [6.45, 7) is 0. The normalized spacial score (nSPS) is 12.0. The zero-order valence-electron chi connectivity index (χ0n) is 21.4. The molecule has 0 bridgehead atoms. The molecule has 0 N–H and O–H groups in total. The molecule has 0 aliphatic carbocycles. The summed E-state index contributed by atoms with van der Waals surface area (Å²) >= 11 is 1.84. The second kappa shape index (κ2) is 8.22. The molecule has 186 valence electrons. The van der Waals surface area contributed by atoms with E-state index in [2.05, 4.69) is 132 Å². The first-order valence-corrected chi connectivity index (χ1v) is 14.2. The molecule has 0 fully saturated rings. The van der Waals surface area contributed by atoms with Crippen molar-refractivity contribution in [3.8, 4) is 17.2 Å². The lowest BCUT2D eigenvalue weighted by Gasteiger charge is -2.12. The van der Waals surface area contributed by atoms with E-state index in [1.54, 1.807) is 0 Å². The average Bonchev–Trinajstić information content (AvgIpc) is 3.56. The minimum Gasteiger partial charge on any atom is -0.278 e. The van der Waals surface area contributed by atoms with Crippen LogP contribution < -0.4 is 0 Å². The van der Waals surface area contributed by atoms with Crippen LogP contribution in [0.25, 0.3) is 80.9 Å². The fourth-order valence-corrected chi connectivity index (χ4v) is 7.30. The van der Waals surface area contributed by atoms with Crippen LogP contribution in [0.15, 0.2) is 127 Å². The molecule has 0 saturated carbocycles. The van der Waals surface area contributed by atoms with Crippen molar-refractivity contribution in [2.24, 2.45) is 0 Å². The van der Waals surface area contributed by atoms with E-state index in [1.165, 1.54) is 41.7 Å². The van der Waals surface area contributed by atoms with Crippen molar-refractivity contribution in [1.29, 1.82) is 0 Å². The zero-order valence-corrected chi connectivity index (χ0v) is 22.2. The second-order valence-electron chi connectivity index (χ2n) is 10.2. The van der Waals surface area contributed by atoms with Crippen molar-refractivity contribution >= 4 is 75.0 Å². The Kier molecular flexibility index (Phi) is 4.48. The highest BCUT2D eigenvalue weighted by atomic mass is 32.1. The quantitative estimate of drug-likeness (QED) is 0.224. The van der Waals surface area contributed by atoms with Gasteiger partial charge in [0.25, 0.3) is 0 Å². The van der Waals surface area contributed by atoms with E-state index >= 15 is 0 Å². The van der Waals surface area contributed by atoms with Gasteiger partial charge in [0.15, 0.2) is 0 Å². The molecule has 9 rings (SSSR count). The van der Waals surface area contributed by atoms with Crippen LogP contribution in [0.5, 0.6) is 0 Å². The number of para-hydroxylation sites is 2. The van der Waals surface area contributed by atoms with Gasteiger partial charge in [0.05, 0.1) is 22.2 Å². The minimum absolute atomic E-state index is 0.686. The molecule has 0 radical (unpaired) electrons. The van der Waals surface area contributed by atoms with E-state index in [9.17, 15) is 0 Å². The van der Waals surface area contributed by atoms with Crippen molar-refractivity contribution in [2.45, 2.75) is 0 Å². The highest BCUT2D eigenvalue weighted by molar-refractivity contribution is 7.25. The number of hydrogen-bond donors (Lipinski definition) is 0. The van der Waals surface area contributed by atoms with Gasteiger partial charge in [0.1, 0.15) is 0 Å². The van der Waals surface area contributed by atoms with E-state index in [4.69, 9.17) is 9.97 Å². The van der Waals surface area contributed by atoms with Crippen molar-refractivity contribution in [1.82, 2.24) is 14.5 Å². The maximum Gasteiger partial charge on any atom is 0.235 e. The van der Waals surface area contributed by atoms with Gasteiger partial charge in [-0.25, -0.2) is 9.97 Å². The van der Waals surface area contributed by atoms with Crippen molar-refractivity contribution in [3.63, 3.8) is 0 Å². The maximum atomic E-state index is 5.32. The molecule has 0 unspecified atom stereocenters. The molecule has 3 nitrogen and oxygen atoms in total. The molecule has 0 spiro atoms. The predicted molar refractivity (Wildman–Crippen MR) is 170 cm³/mol. The Labute approximate surface area is 233 Å². The number of rotatable bonds is 2. The van der Waals surface area contributed by atoms with Crippen LogP contribution in [0.1, 0.15) is 0 Å². The number of thiophene rings is 1. The summed E-state index contributed by atoms with van der Waals surface area (Å²) in [4.78, 5) is 10.5. The summed E-state index contributed by atoms with van der Waals surface area (Å²) in [6, 6.07) is 45.3. The van der Waals surface area contributed by atoms with Gasteiger partial charge >= 0.3 is 0 Å². The summed E-state index contributed by atoms with van der Waals surface area (Å²) in [5, 5.41) is 8.52. The Hall–Kier alpha value is -5.06. The summed E-state index contributed by atoms with van der Waals surface area (Å²) in [5.41, 5.74) is 5.20. The number of aromatic nitrogens is 3. The van der Waals surface area contributed by atoms with Crippen LogP contribution in [-0.2, 0) is 0 Å². The molecule has 0 amide bonds. The molecule has 3 heterocycles. The van der Waals surface area contributed by atoms with Gasteiger partial charge in [-0.3, -0.25) is 4.57 Å². The second-order valence-corrected chi connectivity index (χ2v) is 11.3. The Morgan fingerprint density at radius 2 is 1.23 bits per heavy atom. The molecule has 0 saturated heterocycles. The minimum atomic E-state index is 0.686. The first kappa shape index (κ1) is 21.8. The maximum absolute atomic E-state index is 5.32. The van der Waals surface area contributed by atoms with Gasteiger partial charge in [-0.15, -0.1) is 11.3 Å². The molecule has 0 atom stereocenters. The topological polar surface area (TPSA) is 30.7 Å². The fraction of sp³-hybridized carbons (Fsp3) is 0. The van der Waals surface area contributed by atoms with Crippen LogP contribution in [0.3, 0.4) is 0 Å². The standard InChI is InChI=1S/C36H21N3S/c1-2-10-24-22(9-1)17-19-31-34(24)27-13-4-7-15-30(27)39(31)36-37-29-14-6-3-12-26(29)35(38-36)23-18-20-33-28(21-23)25-11-5-8-16-32(25)40-33/h1-21H. The van der Waals surface area contributed by atoms with Gasteiger partial charge in [-0.05, 0) is 47.2 Å². The van der Waals surface area contributed by atoms with Gasteiger partial charge in [0.2, 0.25) is 5.95 Å². The van der Waals surface area contributed by atoms with Gasteiger partial charge in [-0.2, -0.15) is 0 Å². The van der Waals surface area contributed by atoms with E-state index in [0.717, 1.165) is 33.2 Å². The molecule has 4 heteroatoms. The van der Waals surface area contributed by atoms with Crippen LogP contribution >= 0.6 is 11.3 Å². The number of hydrogen-bond acceptors (Lipinski definition) is 3. The predicted octanol–water partition coefficient (Wildman–Crippen LogP) is 9.91. The third-order valence-corrected chi connectivity index (χ3v) is 9.16. The first-order chi connectivity index (χ1) is 19.8. The Morgan fingerprint density at radius 1 is 0.500 bits per heavy atom. The lowest BCUT2D eigenvalue weighted by molar-refractivity contribution is 1.01. The van der Waals surface area contributed by atoms with Gasteiger partial charge in [0, 0.05) is 41.9 Å². The SMILES string of the molecule is c1ccc2c(c1)ccc1c2c2ccccc2n1-c1nc(-c2ccc3sc4ccccc4c3c2)c2ccccc2n1. The lowest BCUT2D eigenvalue weighted by atomic mass is 10.0. The van der Waals surface area contributed by atoms with Crippen molar-refractivity contribution < 1.29 is 0 Å². The number of fused-ring (bicyclic) bond motifs is 9. The summed E-state index contributed by atoms with van der Waals surface area (Å²) in [7, 11) is 0. The molecule has 40 heavy (non-hydrogen) atoms. The summed E-state index contributed by atoms with van der Waals surface area (Å²) < 4.78 is 4.82. The molecule has 9 aromatic rings. The largest absolute Gasteiger partial charge is 0.278 e. The van der Waals surface area contributed by atoms with Gasteiger partial charge in [-0.1, -0.05) is 91.0 Å². The summed E-state index contributed by atoms with van der Waals surface area (Å²) in [5.74, 6) is 0.686. The van der Waals surface area contributed by atoms with Crippen LogP contribution in [0, 0.1) is 0 Å². The van der Waals surface area contributed by atoms with Crippen LogP contribution in [-0.4, -0.2) is 14.5 Å². The fourth-order valence-electron chi connectivity index (χ4n) is 6.21. The van der Waals surface area contributed by atoms with Crippen LogP contribution in [0.2, 0.25) is 0 Å². The number of benzene rings is 6. The first-order valence-electron chi connectivity index (χ1n) is 13.4. The van der Waals surface area contributed by atoms with E-state index in [1.807, 2.05) is 11.3 Å². The molecular formula is C36H21N3S. The third kappa shape index (κ3) is 3.05. The highest BCUT2D eigenvalue weighted by Gasteiger charge is 2.19. The third-order valence-electron chi connectivity index (χ3n) is 8.00. The average molecular weight is 528 g/mol. The highest BCUT2D eigenvalue weighted by Crippen LogP contribution is 2.39. The monoisotopic (exact) mass is 527 g/mol. The lowest BCUT2D eigenvalue weighted by Crippen LogP contribution is -2.03. The zero-order chi connectivity index (χ0) is 26.2. The summed E-state index contributed by atoms with van der Waals surface area (Å²) in [6.07, 6.45) is 0. The van der Waals surface area contributed by atoms with E-state index in [-0.39, 0.29) is 0 Å². The molecule has 6 aromatic carbocycles. The van der Waals surface area contributed by atoms with Crippen molar-refractivity contribution in [2.75, 3.05) is 0 Å². The molecule has 0 aliphatic rings. The smallest absolute Gasteiger partial charge is 0.235 e. The Balaban J connectivity index is 1.38. The molecule has 3 aromatic heterocycles.